The predicted molar refractivity (Wildman–Crippen MR) is 92.8 cm³/mol. The largest absolute Gasteiger partial charge is 0.444 e. The molecule has 0 aliphatic carbocycles. The fourth-order valence-electron chi connectivity index (χ4n) is 1.75. The highest BCUT2D eigenvalue weighted by molar-refractivity contribution is 7.10. The number of anilines is 1. The summed E-state index contributed by atoms with van der Waals surface area (Å²) in [4.78, 5) is 27.6. The fourth-order valence-corrected chi connectivity index (χ4v) is 2.36. The standard InChI is InChI=1S/C16H20N4O3S/c1-16(2,3)23-15(22)17-10-9-12(21)18-14-19-13(20-24-14)11-7-5-4-6-8-11/h4-8H,9-10H2,1-3H3,(H,17,22)(H,18,19,20,21). The van der Waals surface area contributed by atoms with Crippen LogP contribution in [0.2, 0.25) is 0 Å². The van der Waals surface area contributed by atoms with Crippen molar-refractivity contribution in [1.82, 2.24) is 14.7 Å². The van der Waals surface area contributed by atoms with Crippen molar-refractivity contribution in [2.45, 2.75) is 32.8 Å². The summed E-state index contributed by atoms with van der Waals surface area (Å²) in [6.07, 6.45) is -0.419. The summed E-state index contributed by atoms with van der Waals surface area (Å²) < 4.78 is 9.30. The summed E-state index contributed by atoms with van der Waals surface area (Å²) in [5, 5.41) is 5.63. The second-order valence-electron chi connectivity index (χ2n) is 6.02. The number of alkyl carbamates (subject to hydrolysis) is 1. The highest BCUT2D eigenvalue weighted by Crippen LogP contribution is 2.20. The topological polar surface area (TPSA) is 93.2 Å². The zero-order valence-electron chi connectivity index (χ0n) is 13.8. The van der Waals surface area contributed by atoms with Gasteiger partial charge in [0.05, 0.1) is 0 Å². The third-order valence-corrected chi connectivity index (χ3v) is 3.36. The maximum atomic E-state index is 11.9. The first kappa shape index (κ1) is 17.9. The molecular formula is C16H20N4O3S. The van der Waals surface area contributed by atoms with Gasteiger partial charge in [-0.2, -0.15) is 9.36 Å². The molecule has 0 bridgehead atoms. The van der Waals surface area contributed by atoms with Gasteiger partial charge in [-0.1, -0.05) is 30.3 Å². The van der Waals surface area contributed by atoms with E-state index in [1.165, 1.54) is 0 Å². The van der Waals surface area contributed by atoms with Gasteiger partial charge < -0.3 is 15.4 Å². The first-order valence-electron chi connectivity index (χ1n) is 7.49. The van der Waals surface area contributed by atoms with Crippen molar-refractivity contribution >= 4 is 28.7 Å². The van der Waals surface area contributed by atoms with E-state index in [1.54, 1.807) is 20.8 Å². The Labute approximate surface area is 144 Å². The van der Waals surface area contributed by atoms with Crippen LogP contribution in [0, 0.1) is 0 Å². The van der Waals surface area contributed by atoms with Gasteiger partial charge in [-0.3, -0.25) is 4.79 Å². The van der Waals surface area contributed by atoms with E-state index in [2.05, 4.69) is 20.0 Å². The molecule has 7 nitrogen and oxygen atoms in total. The number of nitrogens with one attached hydrogen (secondary N) is 2. The van der Waals surface area contributed by atoms with Gasteiger partial charge in [0, 0.05) is 30.1 Å². The fraction of sp³-hybridized carbons (Fsp3) is 0.375. The Morgan fingerprint density at radius 2 is 1.92 bits per heavy atom. The number of carbonyl (C=O) groups is 2. The highest BCUT2D eigenvalue weighted by atomic mass is 32.1. The van der Waals surface area contributed by atoms with Crippen molar-refractivity contribution < 1.29 is 14.3 Å². The minimum absolute atomic E-state index is 0.124. The highest BCUT2D eigenvalue weighted by Gasteiger charge is 2.16. The number of amides is 2. The number of hydrogen-bond acceptors (Lipinski definition) is 6. The van der Waals surface area contributed by atoms with E-state index in [4.69, 9.17) is 4.74 Å². The number of aromatic nitrogens is 2. The molecule has 0 fully saturated rings. The van der Waals surface area contributed by atoms with E-state index in [1.807, 2.05) is 30.3 Å². The van der Waals surface area contributed by atoms with Crippen molar-refractivity contribution in [1.29, 1.82) is 0 Å². The van der Waals surface area contributed by atoms with Crippen LogP contribution in [0.25, 0.3) is 11.4 Å². The number of benzene rings is 1. The van der Waals surface area contributed by atoms with E-state index in [9.17, 15) is 9.59 Å². The van der Waals surface area contributed by atoms with E-state index >= 15 is 0 Å². The Morgan fingerprint density at radius 1 is 1.21 bits per heavy atom. The molecule has 0 spiro atoms. The summed E-state index contributed by atoms with van der Waals surface area (Å²) in [6.45, 7) is 5.52. The van der Waals surface area contributed by atoms with Gasteiger partial charge >= 0.3 is 6.09 Å². The Bertz CT molecular complexity index is 695. The van der Waals surface area contributed by atoms with Gasteiger partial charge in [0.25, 0.3) is 0 Å². The van der Waals surface area contributed by atoms with Crippen LogP contribution in [0.15, 0.2) is 30.3 Å². The van der Waals surface area contributed by atoms with Gasteiger partial charge in [0.2, 0.25) is 11.0 Å². The first-order chi connectivity index (χ1) is 11.3. The molecule has 1 heterocycles. The molecule has 0 aliphatic rings. The van der Waals surface area contributed by atoms with E-state index in [0.717, 1.165) is 17.1 Å². The minimum Gasteiger partial charge on any atom is -0.444 e. The molecule has 2 amide bonds. The molecule has 128 valence electrons. The second kappa shape index (κ2) is 7.87. The van der Waals surface area contributed by atoms with E-state index in [-0.39, 0.29) is 18.9 Å². The van der Waals surface area contributed by atoms with Crippen molar-refractivity contribution in [3.63, 3.8) is 0 Å². The van der Waals surface area contributed by atoms with Gasteiger partial charge in [0.1, 0.15) is 5.60 Å². The van der Waals surface area contributed by atoms with Crippen LogP contribution < -0.4 is 10.6 Å². The molecule has 2 N–H and O–H groups in total. The van der Waals surface area contributed by atoms with Crippen LogP contribution in [0.1, 0.15) is 27.2 Å². The Balaban J connectivity index is 1.77. The summed E-state index contributed by atoms with van der Waals surface area (Å²) in [5.41, 5.74) is 0.327. The second-order valence-corrected chi connectivity index (χ2v) is 6.77. The van der Waals surface area contributed by atoms with Crippen LogP contribution >= 0.6 is 11.5 Å². The van der Waals surface area contributed by atoms with Crippen molar-refractivity contribution in [2.24, 2.45) is 0 Å². The van der Waals surface area contributed by atoms with Gasteiger partial charge in [-0.15, -0.1) is 0 Å². The molecule has 0 radical (unpaired) electrons. The Morgan fingerprint density at radius 3 is 2.58 bits per heavy atom. The average molecular weight is 348 g/mol. The maximum Gasteiger partial charge on any atom is 0.407 e. The molecule has 24 heavy (non-hydrogen) atoms. The van der Waals surface area contributed by atoms with Crippen molar-refractivity contribution in [3.05, 3.63) is 30.3 Å². The van der Waals surface area contributed by atoms with Crippen LogP contribution in [-0.2, 0) is 9.53 Å². The lowest BCUT2D eigenvalue weighted by atomic mass is 10.2. The van der Waals surface area contributed by atoms with Gasteiger partial charge in [-0.05, 0) is 20.8 Å². The number of ether oxygens (including phenoxy) is 1. The predicted octanol–water partition coefficient (Wildman–Crippen LogP) is 3.06. The molecule has 8 heteroatoms. The lowest BCUT2D eigenvalue weighted by Crippen LogP contribution is -2.34. The molecule has 0 aliphatic heterocycles. The van der Waals surface area contributed by atoms with Crippen molar-refractivity contribution in [3.8, 4) is 11.4 Å². The third-order valence-electron chi connectivity index (χ3n) is 2.72. The molecule has 0 unspecified atom stereocenters. The number of hydrogen-bond donors (Lipinski definition) is 2. The summed E-state index contributed by atoms with van der Waals surface area (Å²) in [5.74, 6) is 0.324. The zero-order valence-corrected chi connectivity index (χ0v) is 14.6. The van der Waals surface area contributed by atoms with Crippen molar-refractivity contribution in [2.75, 3.05) is 11.9 Å². The van der Waals surface area contributed by atoms with Crippen LogP contribution in [0.5, 0.6) is 0 Å². The minimum atomic E-state index is -0.563. The molecular weight excluding hydrogens is 328 g/mol. The van der Waals surface area contributed by atoms with E-state index < -0.39 is 11.7 Å². The maximum absolute atomic E-state index is 11.9. The van der Waals surface area contributed by atoms with Crippen LogP contribution in [-0.4, -0.2) is 33.5 Å². The molecule has 1 aromatic carbocycles. The van der Waals surface area contributed by atoms with Crippen LogP contribution in [0.4, 0.5) is 9.93 Å². The monoisotopic (exact) mass is 348 g/mol. The summed E-state index contributed by atoms with van der Waals surface area (Å²) >= 11 is 1.12. The number of nitrogens with zero attached hydrogens (tertiary/aromatic N) is 2. The average Bonchev–Trinajstić information content (AvgIpc) is 2.94. The van der Waals surface area contributed by atoms with Gasteiger partial charge in [0.15, 0.2) is 5.82 Å². The third kappa shape index (κ3) is 5.96. The first-order valence-corrected chi connectivity index (χ1v) is 8.27. The number of carbonyl (C=O) groups excluding carboxylic acids is 2. The Kier molecular flexibility index (Phi) is 5.86. The molecule has 2 rings (SSSR count). The van der Waals surface area contributed by atoms with Crippen LogP contribution in [0.3, 0.4) is 0 Å². The SMILES string of the molecule is CC(C)(C)OC(=O)NCCC(=O)Nc1nc(-c2ccccc2)ns1. The zero-order chi connectivity index (χ0) is 17.6. The molecule has 1 aromatic heterocycles. The molecule has 0 saturated heterocycles. The number of rotatable bonds is 5. The molecule has 0 atom stereocenters. The van der Waals surface area contributed by atoms with Gasteiger partial charge in [-0.25, -0.2) is 4.79 Å². The molecule has 0 saturated carbocycles. The summed E-state index contributed by atoms with van der Waals surface area (Å²) in [7, 11) is 0. The quantitative estimate of drug-likeness (QED) is 0.866. The lowest BCUT2D eigenvalue weighted by Gasteiger charge is -2.19. The van der Waals surface area contributed by atoms with E-state index in [0.29, 0.717) is 11.0 Å². The molecule has 2 aromatic rings. The Hall–Kier alpha value is -2.48. The summed E-state index contributed by atoms with van der Waals surface area (Å²) in [6, 6.07) is 9.51. The lowest BCUT2D eigenvalue weighted by molar-refractivity contribution is -0.116. The smallest absolute Gasteiger partial charge is 0.407 e. The normalized spacial score (nSPS) is 11.0.